The monoisotopic (exact) mass is 307 g/mol. The van der Waals surface area contributed by atoms with Crippen LogP contribution in [0.25, 0.3) is 10.9 Å². The predicted molar refractivity (Wildman–Crippen MR) is 87.2 cm³/mol. The first-order chi connectivity index (χ1) is 10.7. The van der Waals surface area contributed by atoms with Gasteiger partial charge in [-0.15, -0.1) is 0 Å². The van der Waals surface area contributed by atoms with E-state index in [1.165, 1.54) is 23.5 Å². The Morgan fingerprint density at radius 2 is 2.09 bits per heavy atom. The number of hydrogen-bond donors (Lipinski definition) is 1. The average molecular weight is 307 g/mol. The average Bonchev–Trinajstić information content (AvgIpc) is 2.52. The third-order valence-electron chi connectivity index (χ3n) is 3.20. The van der Waals surface area contributed by atoms with Crippen molar-refractivity contribution in [1.82, 2.24) is 15.0 Å². The maximum absolute atomic E-state index is 8.84. The highest BCUT2D eigenvalue weighted by Gasteiger charge is 2.07. The van der Waals surface area contributed by atoms with Gasteiger partial charge in [-0.3, -0.25) is 4.98 Å². The normalized spacial score (nSPS) is 10.5. The lowest BCUT2D eigenvalue weighted by molar-refractivity contribution is 0.969. The van der Waals surface area contributed by atoms with Gasteiger partial charge in [0, 0.05) is 16.8 Å². The maximum Gasteiger partial charge on any atom is 0.189 e. The topological polar surface area (TPSA) is 88.5 Å². The Morgan fingerprint density at radius 1 is 1.27 bits per heavy atom. The summed E-state index contributed by atoms with van der Waals surface area (Å²) < 4.78 is 0. The summed E-state index contributed by atoms with van der Waals surface area (Å²) in [5.74, 6) is 0.936. The van der Waals surface area contributed by atoms with E-state index in [0.29, 0.717) is 10.7 Å². The van der Waals surface area contributed by atoms with Gasteiger partial charge < -0.3 is 5.73 Å². The van der Waals surface area contributed by atoms with Crippen LogP contribution in [-0.4, -0.2) is 15.0 Å². The van der Waals surface area contributed by atoms with Gasteiger partial charge in [-0.2, -0.15) is 5.26 Å². The second-order valence-electron chi connectivity index (χ2n) is 4.79. The van der Waals surface area contributed by atoms with Crippen molar-refractivity contribution in [3.63, 3.8) is 0 Å². The number of hydrogen-bond acceptors (Lipinski definition) is 6. The minimum absolute atomic E-state index is 0.218. The quantitative estimate of drug-likeness (QED) is 0.591. The Labute approximate surface area is 132 Å². The first-order valence-corrected chi connectivity index (χ1v) is 7.66. The highest BCUT2D eigenvalue weighted by atomic mass is 32.2. The maximum atomic E-state index is 8.84. The molecule has 0 fully saturated rings. The molecule has 0 aliphatic carbocycles. The Hall–Kier alpha value is -2.65. The summed E-state index contributed by atoms with van der Waals surface area (Å²) in [5, 5.41) is 10.5. The van der Waals surface area contributed by atoms with Gasteiger partial charge in [0.2, 0.25) is 0 Å². The summed E-state index contributed by atoms with van der Waals surface area (Å²) in [6, 6.07) is 12.1. The fraction of sp³-hybridized carbons (Fsp3) is 0.125. The summed E-state index contributed by atoms with van der Waals surface area (Å²) in [4.78, 5) is 12.8. The van der Waals surface area contributed by atoms with Crippen LogP contribution in [0.5, 0.6) is 0 Å². The van der Waals surface area contributed by atoms with Crippen molar-refractivity contribution in [2.45, 2.75) is 17.8 Å². The summed E-state index contributed by atoms with van der Waals surface area (Å²) in [6.45, 7) is 1.98. The van der Waals surface area contributed by atoms with Crippen LogP contribution in [0.1, 0.15) is 16.8 Å². The smallest absolute Gasteiger partial charge is 0.189 e. The van der Waals surface area contributed by atoms with Crippen LogP contribution in [-0.2, 0) is 5.75 Å². The molecule has 2 aromatic heterocycles. The molecular weight excluding hydrogens is 294 g/mol. The molecule has 22 heavy (non-hydrogen) atoms. The molecule has 0 unspecified atom stereocenters. The molecule has 0 atom stereocenters. The number of fused-ring (bicyclic) bond motifs is 1. The fourth-order valence-electron chi connectivity index (χ4n) is 2.19. The highest BCUT2D eigenvalue weighted by Crippen LogP contribution is 2.26. The number of nitrogen functional groups attached to an aromatic ring is 1. The Balaban J connectivity index is 1.88. The zero-order valence-corrected chi connectivity index (χ0v) is 12.8. The van der Waals surface area contributed by atoms with Gasteiger partial charge >= 0.3 is 0 Å². The van der Waals surface area contributed by atoms with Crippen molar-refractivity contribution in [3.05, 3.63) is 53.3 Å². The van der Waals surface area contributed by atoms with E-state index in [4.69, 9.17) is 11.0 Å². The number of aryl methyl sites for hydroxylation is 1. The second-order valence-corrected chi connectivity index (χ2v) is 5.73. The van der Waals surface area contributed by atoms with E-state index < -0.39 is 0 Å². The van der Waals surface area contributed by atoms with E-state index in [1.807, 2.05) is 31.2 Å². The van der Waals surface area contributed by atoms with Gasteiger partial charge in [-0.1, -0.05) is 30.0 Å². The SMILES string of the molecule is Cc1cc(CSc2ncc(C#N)c(N)n2)c2ccccc2n1. The number of nitrogens with zero attached hydrogens (tertiary/aromatic N) is 4. The molecule has 0 radical (unpaired) electrons. The number of rotatable bonds is 3. The lowest BCUT2D eigenvalue weighted by Gasteiger charge is -2.07. The predicted octanol–water partition coefficient (Wildman–Crippen LogP) is 3.08. The van der Waals surface area contributed by atoms with Crippen molar-refractivity contribution < 1.29 is 0 Å². The van der Waals surface area contributed by atoms with E-state index >= 15 is 0 Å². The van der Waals surface area contributed by atoms with E-state index in [9.17, 15) is 0 Å². The summed E-state index contributed by atoms with van der Waals surface area (Å²) in [5.41, 5.74) is 9.16. The molecule has 0 bridgehead atoms. The van der Waals surface area contributed by atoms with Crippen LogP contribution >= 0.6 is 11.8 Å². The van der Waals surface area contributed by atoms with Crippen LogP contribution in [0.15, 0.2) is 41.7 Å². The second kappa shape index (κ2) is 6.00. The van der Waals surface area contributed by atoms with Crippen molar-refractivity contribution >= 4 is 28.5 Å². The van der Waals surface area contributed by atoms with Crippen molar-refractivity contribution in [1.29, 1.82) is 5.26 Å². The van der Waals surface area contributed by atoms with Crippen LogP contribution in [0.4, 0.5) is 5.82 Å². The number of pyridine rings is 1. The van der Waals surface area contributed by atoms with Crippen LogP contribution < -0.4 is 5.73 Å². The van der Waals surface area contributed by atoms with Gasteiger partial charge in [0.15, 0.2) is 5.16 Å². The lowest BCUT2D eigenvalue weighted by atomic mass is 10.1. The van der Waals surface area contributed by atoms with Crippen molar-refractivity contribution in [3.8, 4) is 6.07 Å². The number of thioether (sulfide) groups is 1. The van der Waals surface area contributed by atoms with Crippen LogP contribution in [0.3, 0.4) is 0 Å². The molecule has 5 nitrogen and oxygen atoms in total. The standard InChI is InChI=1S/C16H13N5S/c1-10-6-11(13-4-2-3-5-14(13)20-10)9-22-16-19-8-12(7-17)15(18)21-16/h2-6,8H,9H2,1H3,(H2,18,19,21). The van der Waals surface area contributed by atoms with Gasteiger partial charge in [0.05, 0.1) is 11.7 Å². The Morgan fingerprint density at radius 3 is 2.86 bits per heavy atom. The molecule has 0 saturated heterocycles. The van der Waals surface area contributed by atoms with Crippen LogP contribution in [0.2, 0.25) is 0 Å². The number of benzene rings is 1. The Kier molecular flexibility index (Phi) is 3.90. The van der Waals surface area contributed by atoms with Gasteiger partial charge in [0.1, 0.15) is 17.5 Å². The Bertz CT molecular complexity index is 885. The van der Waals surface area contributed by atoms with E-state index in [-0.39, 0.29) is 5.82 Å². The van der Waals surface area contributed by atoms with Gasteiger partial charge in [-0.25, -0.2) is 9.97 Å². The van der Waals surface area contributed by atoms with Crippen molar-refractivity contribution in [2.24, 2.45) is 0 Å². The number of aromatic nitrogens is 3. The molecule has 3 aromatic rings. The summed E-state index contributed by atoms with van der Waals surface area (Å²) >= 11 is 1.49. The minimum Gasteiger partial charge on any atom is -0.382 e. The first-order valence-electron chi connectivity index (χ1n) is 6.68. The van der Waals surface area contributed by atoms with E-state index in [1.54, 1.807) is 0 Å². The zero-order valence-electron chi connectivity index (χ0n) is 11.9. The molecule has 0 saturated carbocycles. The molecule has 108 valence electrons. The third-order valence-corrected chi connectivity index (χ3v) is 4.11. The molecule has 0 spiro atoms. The molecule has 2 heterocycles. The minimum atomic E-state index is 0.218. The van der Waals surface area contributed by atoms with Crippen LogP contribution in [0, 0.1) is 18.3 Å². The summed E-state index contributed by atoms with van der Waals surface area (Å²) in [6.07, 6.45) is 1.46. The van der Waals surface area contributed by atoms with E-state index in [0.717, 1.165) is 22.3 Å². The molecule has 2 N–H and O–H groups in total. The fourth-order valence-corrected chi connectivity index (χ4v) is 3.00. The van der Waals surface area contributed by atoms with Crippen molar-refractivity contribution in [2.75, 3.05) is 5.73 Å². The highest BCUT2D eigenvalue weighted by molar-refractivity contribution is 7.98. The molecule has 1 aromatic carbocycles. The third kappa shape index (κ3) is 2.85. The molecule has 0 aliphatic rings. The van der Waals surface area contributed by atoms with Gasteiger partial charge in [-0.05, 0) is 24.6 Å². The molecular formula is C16H13N5S. The first kappa shape index (κ1) is 14.3. The number of para-hydroxylation sites is 1. The van der Waals surface area contributed by atoms with E-state index in [2.05, 4.69) is 27.1 Å². The molecule has 6 heteroatoms. The zero-order chi connectivity index (χ0) is 15.5. The molecule has 0 aliphatic heterocycles. The number of anilines is 1. The largest absolute Gasteiger partial charge is 0.382 e. The molecule has 3 rings (SSSR count). The summed E-state index contributed by atoms with van der Waals surface area (Å²) in [7, 11) is 0. The van der Waals surface area contributed by atoms with Gasteiger partial charge in [0.25, 0.3) is 0 Å². The lowest BCUT2D eigenvalue weighted by Crippen LogP contribution is -1.98. The molecule has 0 amide bonds. The number of nitriles is 1. The number of nitrogens with two attached hydrogens (primary N) is 1.